The van der Waals surface area contributed by atoms with Gasteiger partial charge in [0.05, 0.1) is 11.6 Å². The predicted octanol–water partition coefficient (Wildman–Crippen LogP) is 3.96. The van der Waals surface area contributed by atoms with Gasteiger partial charge in [-0.15, -0.1) is 0 Å². The van der Waals surface area contributed by atoms with Crippen molar-refractivity contribution in [1.29, 1.82) is 0 Å². The topological polar surface area (TPSA) is 76.1 Å². The van der Waals surface area contributed by atoms with Gasteiger partial charge in [0.15, 0.2) is 0 Å². The number of carbonyl (C=O) groups is 2. The van der Waals surface area contributed by atoms with E-state index in [2.05, 4.69) is 59.5 Å². The predicted molar refractivity (Wildman–Crippen MR) is 145 cm³/mol. The van der Waals surface area contributed by atoms with Crippen LogP contribution in [0.25, 0.3) is 0 Å². The number of benzene rings is 1. The summed E-state index contributed by atoms with van der Waals surface area (Å²) in [5.74, 6) is 0.979. The average molecular weight is 511 g/mol. The van der Waals surface area contributed by atoms with E-state index in [4.69, 9.17) is 0 Å². The molecule has 0 atom stereocenters. The zero-order chi connectivity index (χ0) is 26.0. The number of urea groups is 1. The van der Waals surface area contributed by atoms with Gasteiger partial charge in [-0.25, -0.2) is 4.79 Å². The van der Waals surface area contributed by atoms with Crippen molar-refractivity contribution in [3.63, 3.8) is 0 Å². The largest absolute Gasteiger partial charge is 0.393 e. The summed E-state index contributed by atoms with van der Waals surface area (Å²) in [4.78, 5) is 33.0. The fraction of sp³-hybridized carbons (Fsp3) is 0.733. The molecule has 0 unspecified atom stereocenters. The van der Waals surface area contributed by atoms with Crippen LogP contribution in [0.1, 0.15) is 76.2 Å². The molecular formula is C30H46N4O3. The molecule has 0 bridgehead atoms. The number of amides is 3. The van der Waals surface area contributed by atoms with Crippen LogP contribution in [0, 0.1) is 11.8 Å². The Morgan fingerprint density at radius 1 is 1.00 bits per heavy atom. The number of carbonyl (C=O) groups excluding carboxylic acids is 2. The average Bonchev–Trinajstić information content (AvgIpc) is 3.11. The van der Waals surface area contributed by atoms with Gasteiger partial charge in [0, 0.05) is 25.2 Å². The van der Waals surface area contributed by atoms with Crippen LogP contribution in [0.4, 0.5) is 4.79 Å². The summed E-state index contributed by atoms with van der Waals surface area (Å²) >= 11 is 0. The van der Waals surface area contributed by atoms with E-state index in [1.165, 1.54) is 24.8 Å². The quantitative estimate of drug-likeness (QED) is 0.555. The molecule has 0 radical (unpaired) electrons. The maximum absolute atomic E-state index is 13.7. The van der Waals surface area contributed by atoms with Gasteiger partial charge in [-0.3, -0.25) is 9.69 Å². The summed E-state index contributed by atoms with van der Waals surface area (Å²) in [6.07, 6.45) is 11.0. The maximum Gasteiger partial charge on any atom is 0.321 e. The van der Waals surface area contributed by atoms with E-state index in [0.29, 0.717) is 24.9 Å². The van der Waals surface area contributed by atoms with E-state index >= 15 is 0 Å². The first-order valence-electron chi connectivity index (χ1n) is 14.6. The molecule has 1 spiro atoms. The molecule has 1 aliphatic heterocycles. The van der Waals surface area contributed by atoms with E-state index in [9.17, 15) is 14.7 Å². The highest BCUT2D eigenvalue weighted by atomic mass is 16.3. The van der Waals surface area contributed by atoms with Crippen LogP contribution in [-0.4, -0.2) is 83.7 Å². The van der Waals surface area contributed by atoms with Crippen molar-refractivity contribution in [3.05, 3.63) is 35.9 Å². The molecule has 3 aliphatic carbocycles. The number of hydrogen-bond donors (Lipinski definition) is 2. The number of nitrogens with zero attached hydrogens (tertiary/aromatic N) is 3. The zero-order valence-corrected chi connectivity index (χ0v) is 22.8. The molecule has 0 aromatic heterocycles. The molecule has 1 saturated heterocycles. The third-order valence-electron chi connectivity index (χ3n) is 10.1. The van der Waals surface area contributed by atoms with E-state index in [0.717, 1.165) is 57.9 Å². The molecule has 4 aliphatic rings. The van der Waals surface area contributed by atoms with Crippen molar-refractivity contribution in [3.8, 4) is 0 Å². The van der Waals surface area contributed by atoms with Crippen molar-refractivity contribution >= 4 is 11.9 Å². The Bertz CT molecular complexity index is 931. The first-order valence-corrected chi connectivity index (χ1v) is 14.6. The van der Waals surface area contributed by atoms with Crippen LogP contribution in [-0.2, 0) is 10.3 Å². The standard InChI is InChI=1S/C30H46N4O3/c1-32(2)30(25-9-4-3-5-10-25)17-15-29(16-18-30)22-33(28(37)34(29)20-24-7-6-8-24)21-27(36)31-19-23-11-13-26(35)14-12-23/h3-5,9-10,23-24,26,35H,6-8,11-22H2,1-2H3,(H,31,36)/t23-,26+,29?,30?. The van der Waals surface area contributed by atoms with Gasteiger partial charge in [-0.05, 0) is 95.7 Å². The van der Waals surface area contributed by atoms with Gasteiger partial charge in [-0.1, -0.05) is 36.8 Å². The Balaban J connectivity index is 1.26. The van der Waals surface area contributed by atoms with Crippen molar-refractivity contribution in [2.24, 2.45) is 11.8 Å². The van der Waals surface area contributed by atoms with Crippen LogP contribution < -0.4 is 5.32 Å². The van der Waals surface area contributed by atoms with Gasteiger partial charge >= 0.3 is 6.03 Å². The molecule has 7 nitrogen and oxygen atoms in total. The van der Waals surface area contributed by atoms with Crippen LogP contribution in [0.3, 0.4) is 0 Å². The number of rotatable bonds is 8. The smallest absolute Gasteiger partial charge is 0.321 e. The molecule has 1 aromatic rings. The van der Waals surface area contributed by atoms with Crippen LogP contribution in [0.2, 0.25) is 0 Å². The van der Waals surface area contributed by atoms with Crippen molar-refractivity contribution in [2.75, 3.05) is 40.3 Å². The highest BCUT2D eigenvalue weighted by Gasteiger charge is 2.55. The highest BCUT2D eigenvalue weighted by Crippen LogP contribution is 2.49. The lowest BCUT2D eigenvalue weighted by atomic mass is 9.68. The lowest BCUT2D eigenvalue weighted by Gasteiger charge is -2.51. The second-order valence-electron chi connectivity index (χ2n) is 12.5. The van der Waals surface area contributed by atoms with Crippen LogP contribution in [0.15, 0.2) is 30.3 Å². The first kappa shape index (κ1) is 26.5. The lowest BCUT2D eigenvalue weighted by Crippen LogP contribution is -2.56. The second-order valence-corrected chi connectivity index (χ2v) is 12.5. The molecule has 204 valence electrons. The molecule has 5 rings (SSSR count). The third kappa shape index (κ3) is 5.40. The SMILES string of the molecule is CN(C)C1(c2ccccc2)CCC2(CC1)CN(CC(=O)NC[C@H]1CC[C@@H](O)CC1)C(=O)N2CC1CCC1. The lowest BCUT2D eigenvalue weighted by molar-refractivity contribution is -0.121. The Morgan fingerprint density at radius 3 is 2.27 bits per heavy atom. The molecule has 1 aromatic carbocycles. The van der Waals surface area contributed by atoms with E-state index in [-0.39, 0.29) is 35.7 Å². The molecule has 4 fully saturated rings. The first-order chi connectivity index (χ1) is 17.8. The summed E-state index contributed by atoms with van der Waals surface area (Å²) in [7, 11) is 4.36. The number of hydrogen-bond acceptors (Lipinski definition) is 4. The van der Waals surface area contributed by atoms with Crippen molar-refractivity contribution in [2.45, 2.75) is 87.8 Å². The maximum atomic E-state index is 13.7. The normalized spacial score (nSPS) is 32.7. The summed E-state index contributed by atoms with van der Waals surface area (Å²) in [6.45, 7) is 2.28. The Morgan fingerprint density at radius 2 is 1.68 bits per heavy atom. The minimum atomic E-state index is -0.185. The molecule has 2 N–H and O–H groups in total. The van der Waals surface area contributed by atoms with E-state index in [1.54, 1.807) is 0 Å². The minimum Gasteiger partial charge on any atom is -0.393 e. The molecule has 3 saturated carbocycles. The van der Waals surface area contributed by atoms with Gasteiger partial charge in [0.2, 0.25) is 5.91 Å². The fourth-order valence-electron chi connectivity index (χ4n) is 7.35. The van der Waals surface area contributed by atoms with Crippen molar-refractivity contribution in [1.82, 2.24) is 20.0 Å². The van der Waals surface area contributed by atoms with Gasteiger partial charge < -0.3 is 20.2 Å². The number of aliphatic hydroxyl groups excluding tert-OH is 1. The van der Waals surface area contributed by atoms with Crippen molar-refractivity contribution < 1.29 is 14.7 Å². The van der Waals surface area contributed by atoms with Crippen LogP contribution in [0.5, 0.6) is 0 Å². The monoisotopic (exact) mass is 510 g/mol. The minimum absolute atomic E-state index is 0.0178. The van der Waals surface area contributed by atoms with Gasteiger partial charge in [0.25, 0.3) is 0 Å². The van der Waals surface area contributed by atoms with E-state index in [1.807, 2.05) is 4.90 Å². The second kappa shape index (κ2) is 10.9. The Labute approximate surface area is 222 Å². The van der Waals surface area contributed by atoms with E-state index < -0.39 is 0 Å². The molecule has 1 heterocycles. The van der Waals surface area contributed by atoms with Gasteiger partial charge in [-0.2, -0.15) is 0 Å². The molecule has 7 heteroatoms. The number of nitrogens with one attached hydrogen (secondary N) is 1. The molecule has 3 amide bonds. The highest BCUT2D eigenvalue weighted by molar-refractivity contribution is 5.86. The summed E-state index contributed by atoms with van der Waals surface area (Å²) in [5, 5.41) is 12.8. The Kier molecular flexibility index (Phi) is 7.83. The fourth-order valence-corrected chi connectivity index (χ4v) is 7.35. The van der Waals surface area contributed by atoms with Crippen LogP contribution >= 0.6 is 0 Å². The third-order valence-corrected chi connectivity index (χ3v) is 10.1. The number of aliphatic hydroxyl groups is 1. The Hall–Kier alpha value is -2.12. The molecular weight excluding hydrogens is 464 g/mol. The zero-order valence-electron chi connectivity index (χ0n) is 22.8. The van der Waals surface area contributed by atoms with Gasteiger partial charge in [0.1, 0.15) is 6.54 Å². The summed E-state index contributed by atoms with van der Waals surface area (Å²) in [6, 6.07) is 10.9. The molecule has 37 heavy (non-hydrogen) atoms. The summed E-state index contributed by atoms with van der Waals surface area (Å²) in [5.41, 5.74) is 1.16. The summed E-state index contributed by atoms with van der Waals surface area (Å²) < 4.78 is 0.